The van der Waals surface area contributed by atoms with Gasteiger partial charge in [0.2, 0.25) is 5.91 Å². The van der Waals surface area contributed by atoms with E-state index < -0.39 is 11.9 Å². The lowest BCUT2D eigenvalue weighted by atomic mass is 10.3. The van der Waals surface area contributed by atoms with Gasteiger partial charge >= 0.3 is 5.97 Å². The van der Waals surface area contributed by atoms with E-state index in [1.807, 2.05) is 0 Å². The van der Waals surface area contributed by atoms with E-state index in [-0.39, 0.29) is 0 Å². The molecule has 18 heavy (non-hydrogen) atoms. The Bertz CT molecular complexity index is 462. The lowest BCUT2D eigenvalue weighted by molar-refractivity contribution is -0.131. The van der Waals surface area contributed by atoms with E-state index in [9.17, 15) is 9.59 Å². The fraction of sp³-hybridized carbons (Fsp3) is 0.0769. The van der Waals surface area contributed by atoms with Gasteiger partial charge in [0.05, 0.1) is 0 Å². The van der Waals surface area contributed by atoms with Gasteiger partial charge in [-0.1, -0.05) is 12.7 Å². The van der Waals surface area contributed by atoms with Crippen molar-refractivity contribution in [3.63, 3.8) is 0 Å². The number of amides is 1. The molecule has 5 nitrogen and oxygen atoms in total. The highest BCUT2D eigenvalue weighted by molar-refractivity contribution is 6.02. The van der Waals surface area contributed by atoms with Crippen molar-refractivity contribution in [1.29, 1.82) is 0 Å². The smallest absolute Gasteiger partial charge is 0.328 e. The molecule has 0 aromatic heterocycles. The Kier molecular flexibility index (Phi) is 5.18. The standard InChI is InChI=1S/C13H13NO4/c1-2-9-18-11-5-3-10(4-6-11)14-12(15)7-8-13(16)17/h2-8H,1,9H2,(H,14,15)(H,16,17). The monoisotopic (exact) mass is 247 g/mol. The normalized spacial score (nSPS) is 10.0. The molecule has 5 heteroatoms. The SMILES string of the molecule is C=CCOc1ccc(NC(=O)C=CC(=O)O)cc1. The maximum Gasteiger partial charge on any atom is 0.328 e. The van der Waals surface area contributed by atoms with Crippen molar-refractivity contribution in [2.75, 3.05) is 11.9 Å². The first-order valence-corrected chi connectivity index (χ1v) is 5.17. The van der Waals surface area contributed by atoms with Crippen molar-refractivity contribution in [2.45, 2.75) is 0 Å². The number of anilines is 1. The van der Waals surface area contributed by atoms with Gasteiger partial charge in [0.25, 0.3) is 0 Å². The van der Waals surface area contributed by atoms with Crippen molar-refractivity contribution in [3.05, 3.63) is 49.1 Å². The number of carboxylic acids is 1. The molecular formula is C13H13NO4. The molecule has 1 rings (SSSR count). The third kappa shape index (κ3) is 4.98. The molecule has 0 aliphatic carbocycles. The van der Waals surface area contributed by atoms with Crippen LogP contribution in [0, 0.1) is 0 Å². The molecule has 0 spiro atoms. The molecule has 0 aliphatic heterocycles. The summed E-state index contributed by atoms with van der Waals surface area (Å²) in [6, 6.07) is 6.70. The Morgan fingerprint density at radius 2 is 1.94 bits per heavy atom. The van der Waals surface area contributed by atoms with Crippen LogP contribution in [-0.4, -0.2) is 23.6 Å². The Morgan fingerprint density at radius 3 is 2.50 bits per heavy atom. The molecule has 0 heterocycles. The van der Waals surface area contributed by atoms with Crippen LogP contribution in [0.3, 0.4) is 0 Å². The minimum atomic E-state index is -1.17. The summed E-state index contributed by atoms with van der Waals surface area (Å²) in [6.45, 7) is 3.94. The van der Waals surface area contributed by atoms with Crippen LogP contribution in [0.1, 0.15) is 0 Å². The molecule has 0 aliphatic rings. The van der Waals surface area contributed by atoms with Crippen molar-refractivity contribution < 1.29 is 19.4 Å². The van der Waals surface area contributed by atoms with E-state index in [1.54, 1.807) is 30.3 Å². The van der Waals surface area contributed by atoms with Gasteiger partial charge in [-0.2, -0.15) is 0 Å². The van der Waals surface area contributed by atoms with E-state index in [2.05, 4.69) is 11.9 Å². The number of aliphatic carboxylic acids is 1. The third-order valence-electron chi connectivity index (χ3n) is 1.87. The van der Waals surface area contributed by atoms with Gasteiger partial charge in [0.15, 0.2) is 0 Å². The molecule has 0 fully saturated rings. The van der Waals surface area contributed by atoms with Crippen molar-refractivity contribution in [2.24, 2.45) is 0 Å². The average molecular weight is 247 g/mol. The molecule has 1 aromatic rings. The number of hydrogen-bond acceptors (Lipinski definition) is 3. The van der Waals surface area contributed by atoms with E-state index in [1.165, 1.54) is 0 Å². The summed E-state index contributed by atoms with van der Waals surface area (Å²) in [6.07, 6.45) is 3.35. The summed E-state index contributed by atoms with van der Waals surface area (Å²) in [5.41, 5.74) is 0.556. The Hall–Kier alpha value is -2.56. The van der Waals surface area contributed by atoms with Gasteiger partial charge in [-0.15, -0.1) is 0 Å². The fourth-order valence-corrected chi connectivity index (χ4v) is 1.12. The van der Waals surface area contributed by atoms with Crippen LogP contribution in [0.15, 0.2) is 49.1 Å². The lowest BCUT2D eigenvalue weighted by Crippen LogP contribution is -2.08. The quantitative estimate of drug-likeness (QED) is 0.594. The lowest BCUT2D eigenvalue weighted by Gasteiger charge is -2.05. The Balaban J connectivity index is 2.55. The van der Waals surface area contributed by atoms with Crippen LogP contribution in [0.4, 0.5) is 5.69 Å². The first-order chi connectivity index (χ1) is 8.61. The van der Waals surface area contributed by atoms with E-state index in [0.29, 0.717) is 18.0 Å². The van der Waals surface area contributed by atoms with Crippen LogP contribution in [0.5, 0.6) is 5.75 Å². The highest BCUT2D eigenvalue weighted by Crippen LogP contribution is 2.15. The van der Waals surface area contributed by atoms with Gasteiger partial charge in [-0.05, 0) is 24.3 Å². The first kappa shape index (κ1) is 13.5. The zero-order valence-electron chi connectivity index (χ0n) is 9.63. The van der Waals surface area contributed by atoms with Crippen molar-refractivity contribution >= 4 is 17.6 Å². The number of carbonyl (C=O) groups is 2. The van der Waals surface area contributed by atoms with Gasteiger partial charge in [0.1, 0.15) is 12.4 Å². The zero-order valence-corrected chi connectivity index (χ0v) is 9.63. The van der Waals surface area contributed by atoms with E-state index >= 15 is 0 Å². The summed E-state index contributed by atoms with van der Waals surface area (Å²) < 4.78 is 5.27. The number of carbonyl (C=O) groups excluding carboxylic acids is 1. The molecule has 0 unspecified atom stereocenters. The van der Waals surface area contributed by atoms with E-state index in [0.717, 1.165) is 12.2 Å². The number of hydrogen-bond donors (Lipinski definition) is 2. The zero-order chi connectivity index (χ0) is 13.4. The predicted octanol–water partition coefficient (Wildman–Crippen LogP) is 1.83. The second-order valence-electron chi connectivity index (χ2n) is 3.28. The molecule has 0 radical (unpaired) electrons. The maximum absolute atomic E-state index is 11.3. The van der Waals surface area contributed by atoms with Crippen molar-refractivity contribution in [1.82, 2.24) is 0 Å². The topological polar surface area (TPSA) is 75.6 Å². The number of benzene rings is 1. The second-order valence-corrected chi connectivity index (χ2v) is 3.28. The van der Waals surface area contributed by atoms with Crippen molar-refractivity contribution in [3.8, 4) is 5.75 Å². The molecule has 94 valence electrons. The van der Waals surface area contributed by atoms with E-state index in [4.69, 9.17) is 9.84 Å². The summed E-state index contributed by atoms with van der Waals surface area (Å²) in [5, 5.41) is 10.9. The van der Waals surface area contributed by atoms with Crippen LogP contribution < -0.4 is 10.1 Å². The Labute approximate surface area is 104 Å². The third-order valence-corrected chi connectivity index (χ3v) is 1.87. The highest BCUT2D eigenvalue weighted by Gasteiger charge is 1.99. The first-order valence-electron chi connectivity index (χ1n) is 5.17. The molecular weight excluding hydrogens is 234 g/mol. The summed E-state index contributed by atoms with van der Waals surface area (Å²) in [7, 11) is 0. The number of ether oxygens (including phenoxy) is 1. The highest BCUT2D eigenvalue weighted by atomic mass is 16.5. The molecule has 0 saturated heterocycles. The van der Waals surface area contributed by atoms with Gasteiger partial charge in [-0.25, -0.2) is 4.79 Å². The summed E-state index contributed by atoms with van der Waals surface area (Å²) in [5.74, 6) is -1.01. The minimum Gasteiger partial charge on any atom is -0.490 e. The summed E-state index contributed by atoms with van der Waals surface area (Å²) >= 11 is 0. The van der Waals surface area contributed by atoms with Crippen LogP contribution in [0.2, 0.25) is 0 Å². The van der Waals surface area contributed by atoms with Gasteiger partial charge in [0, 0.05) is 17.8 Å². The molecule has 2 N–H and O–H groups in total. The molecule has 0 saturated carbocycles. The van der Waals surface area contributed by atoms with Gasteiger partial charge < -0.3 is 15.2 Å². The summed E-state index contributed by atoms with van der Waals surface area (Å²) in [4.78, 5) is 21.5. The van der Waals surface area contributed by atoms with Crippen LogP contribution >= 0.6 is 0 Å². The number of carboxylic acid groups (broad SMARTS) is 1. The molecule has 1 amide bonds. The molecule has 1 aromatic carbocycles. The fourth-order valence-electron chi connectivity index (χ4n) is 1.12. The predicted molar refractivity (Wildman–Crippen MR) is 67.5 cm³/mol. The second kappa shape index (κ2) is 6.90. The van der Waals surface area contributed by atoms with Crippen LogP contribution in [-0.2, 0) is 9.59 Å². The maximum atomic E-state index is 11.3. The largest absolute Gasteiger partial charge is 0.490 e. The number of nitrogens with one attached hydrogen (secondary N) is 1. The molecule has 0 atom stereocenters. The minimum absolute atomic E-state index is 0.410. The number of rotatable bonds is 6. The average Bonchev–Trinajstić information content (AvgIpc) is 2.35. The van der Waals surface area contributed by atoms with Gasteiger partial charge in [-0.3, -0.25) is 4.79 Å². The Morgan fingerprint density at radius 1 is 1.28 bits per heavy atom. The molecule has 0 bridgehead atoms. The van der Waals surface area contributed by atoms with Crippen LogP contribution in [0.25, 0.3) is 0 Å².